The predicted molar refractivity (Wildman–Crippen MR) is 211 cm³/mol. The summed E-state index contributed by atoms with van der Waals surface area (Å²) in [6, 6.07) is 3.32. The van der Waals surface area contributed by atoms with Crippen molar-refractivity contribution in [1.82, 2.24) is 36.8 Å². The summed E-state index contributed by atoms with van der Waals surface area (Å²) in [7, 11) is 0. The van der Waals surface area contributed by atoms with Crippen molar-refractivity contribution in [2.45, 2.75) is 94.8 Å². The lowest BCUT2D eigenvalue weighted by Crippen LogP contribution is -2.58. The van der Waals surface area contributed by atoms with Gasteiger partial charge in [0, 0.05) is 44.1 Å². The number of amides is 8. The number of nitrogens with two attached hydrogens (primary N) is 2. The van der Waals surface area contributed by atoms with E-state index in [1.165, 1.54) is 17.1 Å². The first-order valence-corrected chi connectivity index (χ1v) is 19.8. The zero-order chi connectivity index (χ0) is 42.9. The average molecular weight is 823 g/mol. The monoisotopic (exact) mass is 822 g/mol. The third-order valence-corrected chi connectivity index (χ3v) is 10.4. The molecule has 20 heteroatoms. The van der Waals surface area contributed by atoms with Crippen molar-refractivity contribution in [3.8, 4) is 0 Å². The van der Waals surface area contributed by atoms with Crippen LogP contribution in [0.3, 0.4) is 0 Å². The van der Waals surface area contributed by atoms with E-state index in [-0.39, 0.29) is 74.3 Å². The van der Waals surface area contributed by atoms with Gasteiger partial charge in [-0.25, -0.2) is 0 Å². The molecule has 2 fully saturated rings. The third-order valence-electron chi connectivity index (χ3n) is 10.4. The number of nitrogens with one attached hydrogen (secondary N) is 6. The summed E-state index contributed by atoms with van der Waals surface area (Å²) < 4.78 is 0. The van der Waals surface area contributed by atoms with E-state index >= 15 is 0 Å². The Morgan fingerprint density at radius 3 is 1.98 bits per heavy atom. The maximum atomic E-state index is 14.0. The summed E-state index contributed by atoms with van der Waals surface area (Å²) in [6.07, 6.45) is 5.35. The zero-order valence-electron chi connectivity index (χ0n) is 32.8. The van der Waals surface area contributed by atoms with Crippen molar-refractivity contribution in [3.63, 3.8) is 0 Å². The molecular weight excluding hydrogens is 768 g/mol. The van der Waals surface area contributed by atoms with Gasteiger partial charge in [0.25, 0.3) is 11.8 Å². The largest absolute Gasteiger partial charge is 0.481 e. The zero-order valence-corrected chi connectivity index (χ0v) is 32.8. The van der Waals surface area contributed by atoms with Gasteiger partial charge in [0.2, 0.25) is 35.4 Å². The Labute approximate surface area is 341 Å². The molecule has 0 radical (unpaired) electrons. The topological polar surface area (TPSA) is 314 Å². The maximum absolute atomic E-state index is 14.0. The molecule has 1 aromatic carbocycles. The van der Waals surface area contributed by atoms with Crippen molar-refractivity contribution in [2.75, 3.05) is 26.2 Å². The van der Waals surface area contributed by atoms with Gasteiger partial charge in [0.05, 0.1) is 13.0 Å². The molecule has 4 rings (SSSR count). The highest BCUT2D eigenvalue weighted by Crippen LogP contribution is 2.30. The van der Waals surface area contributed by atoms with Gasteiger partial charge in [-0.05, 0) is 69.3 Å². The fourth-order valence-electron chi connectivity index (χ4n) is 7.14. The number of carboxylic acids is 1. The number of rotatable bonds is 16. The third kappa shape index (κ3) is 14.8. The molecule has 1 aromatic rings. The van der Waals surface area contributed by atoms with E-state index in [1.54, 1.807) is 30.3 Å². The Kier molecular flexibility index (Phi) is 17.3. The van der Waals surface area contributed by atoms with Gasteiger partial charge >= 0.3 is 5.97 Å². The quantitative estimate of drug-likeness (QED) is 0.0373. The number of imide groups is 1. The number of aliphatic carboxylic acids is 1. The molecule has 0 spiro atoms. The van der Waals surface area contributed by atoms with Gasteiger partial charge in [-0.2, -0.15) is 0 Å². The van der Waals surface area contributed by atoms with E-state index in [4.69, 9.17) is 11.5 Å². The van der Waals surface area contributed by atoms with Crippen molar-refractivity contribution >= 4 is 59.2 Å². The van der Waals surface area contributed by atoms with E-state index < -0.39 is 72.6 Å². The van der Waals surface area contributed by atoms with Crippen LogP contribution in [0.1, 0.15) is 69.8 Å². The lowest BCUT2D eigenvalue weighted by molar-refractivity contribution is -0.141. The molecule has 59 heavy (non-hydrogen) atoms. The number of hydrogen-bond donors (Lipinski definition) is 9. The first kappa shape index (κ1) is 45.4. The lowest BCUT2D eigenvalue weighted by Gasteiger charge is -2.30. The minimum atomic E-state index is -1.60. The number of benzene rings is 1. The van der Waals surface area contributed by atoms with Gasteiger partial charge in [-0.15, -0.1) is 0 Å². The van der Waals surface area contributed by atoms with Crippen LogP contribution in [-0.4, -0.2) is 120 Å². The highest BCUT2D eigenvalue weighted by molar-refractivity contribution is 6.12. The number of guanidine groups is 1. The summed E-state index contributed by atoms with van der Waals surface area (Å²) in [5, 5.41) is 25.0. The number of nitrogens with zero attached hydrogens (tertiary/aromatic N) is 2. The van der Waals surface area contributed by atoms with Gasteiger partial charge in [0.15, 0.2) is 5.96 Å². The predicted octanol–water partition coefficient (Wildman–Crippen LogP) is -2.16. The van der Waals surface area contributed by atoms with Gasteiger partial charge in [0.1, 0.15) is 24.2 Å². The minimum absolute atomic E-state index is 0.0363. The Morgan fingerprint density at radius 1 is 0.746 bits per heavy atom. The number of carbonyl (C=O) groups is 9. The molecule has 11 N–H and O–H groups in total. The molecule has 4 unspecified atom stereocenters. The molecule has 320 valence electrons. The van der Waals surface area contributed by atoms with E-state index in [0.29, 0.717) is 50.6 Å². The van der Waals surface area contributed by atoms with Crippen LogP contribution in [-0.2, 0) is 49.6 Å². The molecule has 1 saturated heterocycles. The maximum Gasteiger partial charge on any atom is 0.305 e. The normalized spacial score (nSPS) is 24.4. The SMILES string of the molecule is NC(N)=NCCCC1NC(=O)C(CCCCNC(=O)C2CCC(CN3C(=O)C=CC3=O)CC2)NC(=O)C(Cc2ccccc2)NC(=O)C(CC(=O)O)NC(=O)CNC1=O. The minimum Gasteiger partial charge on any atom is -0.481 e. The highest BCUT2D eigenvalue weighted by atomic mass is 16.4. The van der Waals surface area contributed by atoms with Crippen LogP contribution in [0.15, 0.2) is 47.5 Å². The molecule has 8 amide bonds. The lowest BCUT2D eigenvalue weighted by atomic mass is 9.81. The molecule has 4 atom stereocenters. The van der Waals surface area contributed by atoms with E-state index in [0.717, 1.165) is 0 Å². The molecule has 0 aromatic heterocycles. The highest BCUT2D eigenvalue weighted by Gasteiger charge is 2.34. The van der Waals surface area contributed by atoms with Crippen LogP contribution in [0.2, 0.25) is 0 Å². The van der Waals surface area contributed by atoms with Crippen LogP contribution < -0.4 is 43.4 Å². The molecular formula is C39H54N10O10. The van der Waals surface area contributed by atoms with Gasteiger partial charge in [-0.3, -0.25) is 53.0 Å². The van der Waals surface area contributed by atoms with Crippen molar-refractivity contribution < 1.29 is 48.3 Å². The summed E-state index contributed by atoms with van der Waals surface area (Å²) in [5.41, 5.74) is 11.5. The number of carbonyl (C=O) groups excluding carboxylic acids is 8. The molecule has 2 aliphatic heterocycles. The van der Waals surface area contributed by atoms with Crippen molar-refractivity contribution in [2.24, 2.45) is 28.3 Å². The van der Waals surface area contributed by atoms with E-state index in [2.05, 4.69) is 36.9 Å². The van der Waals surface area contributed by atoms with Crippen LogP contribution in [0.5, 0.6) is 0 Å². The van der Waals surface area contributed by atoms with Crippen LogP contribution in [0, 0.1) is 11.8 Å². The molecule has 0 bridgehead atoms. The molecule has 1 aliphatic carbocycles. The number of unbranched alkanes of at least 4 members (excludes halogenated alkanes) is 1. The van der Waals surface area contributed by atoms with E-state index in [9.17, 15) is 48.3 Å². The Bertz CT molecular complexity index is 1760. The standard InChI is InChI=1S/C39H54N10O10/c40-39(41)43-18-6-10-26-35(56)44-21-30(50)45-29(20-33(53)54)38(59)48-28(19-23-7-2-1-3-8-23)37(58)47-27(36(57)46-26)9-4-5-17-42-34(55)25-13-11-24(12-14-25)22-49-31(51)15-16-32(49)52/h1-3,7-8,15-16,24-29H,4-6,9-14,17-22H2,(H,42,55)(H,44,56)(H,45,50)(H,46,57)(H,47,58)(H,48,59)(H,53,54)(H4,40,41,43). The van der Waals surface area contributed by atoms with E-state index in [1.807, 2.05) is 0 Å². The van der Waals surface area contributed by atoms with Crippen LogP contribution in [0.25, 0.3) is 0 Å². The fourth-order valence-corrected chi connectivity index (χ4v) is 7.14. The second-order valence-corrected chi connectivity index (χ2v) is 14.9. The molecule has 20 nitrogen and oxygen atoms in total. The van der Waals surface area contributed by atoms with Crippen LogP contribution >= 0.6 is 0 Å². The van der Waals surface area contributed by atoms with Gasteiger partial charge < -0.3 is 48.5 Å². The fraction of sp³-hybridized carbons (Fsp3) is 0.538. The number of hydrogen-bond acceptors (Lipinski definition) is 10. The Hall–Kier alpha value is -6.34. The summed E-state index contributed by atoms with van der Waals surface area (Å²) >= 11 is 0. The second kappa shape index (κ2) is 22.6. The molecule has 2 heterocycles. The first-order valence-electron chi connectivity index (χ1n) is 19.8. The van der Waals surface area contributed by atoms with Gasteiger partial charge in [-0.1, -0.05) is 30.3 Å². The van der Waals surface area contributed by atoms with Crippen molar-refractivity contribution in [3.05, 3.63) is 48.0 Å². The summed E-state index contributed by atoms with van der Waals surface area (Å²) in [5.74, 6) is -6.55. The number of carboxylic acid groups (broad SMARTS) is 1. The average Bonchev–Trinajstić information content (AvgIpc) is 3.51. The smallest absolute Gasteiger partial charge is 0.305 e. The van der Waals surface area contributed by atoms with Crippen LogP contribution in [0.4, 0.5) is 0 Å². The first-order chi connectivity index (χ1) is 28.2. The molecule has 3 aliphatic rings. The Balaban J connectivity index is 1.44. The number of aliphatic imine (C=N–C) groups is 1. The molecule has 1 saturated carbocycles. The summed E-state index contributed by atoms with van der Waals surface area (Å²) in [6.45, 7) is 0.0785. The summed E-state index contributed by atoms with van der Waals surface area (Å²) in [4.78, 5) is 121. The van der Waals surface area contributed by atoms with Crippen molar-refractivity contribution in [1.29, 1.82) is 0 Å². The second-order valence-electron chi connectivity index (χ2n) is 14.9. The Morgan fingerprint density at radius 2 is 1.34 bits per heavy atom.